The number of benzene rings is 1. The molecule has 0 aliphatic rings. The Labute approximate surface area is 100 Å². The van der Waals surface area contributed by atoms with Crippen LogP contribution in [0.3, 0.4) is 0 Å². The molecule has 0 saturated carbocycles. The molecule has 0 radical (unpaired) electrons. The lowest BCUT2D eigenvalue weighted by Gasteiger charge is -1.99. The van der Waals surface area contributed by atoms with Gasteiger partial charge in [0.25, 0.3) is 0 Å². The van der Waals surface area contributed by atoms with Crippen LogP contribution in [-0.2, 0) is 13.0 Å². The van der Waals surface area contributed by atoms with Gasteiger partial charge in [0.2, 0.25) is 0 Å². The molecule has 16 heavy (non-hydrogen) atoms. The van der Waals surface area contributed by atoms with E-state index in [4.69, 9.17) is 5.73 Å². The van der Waals surface area contributed by atoms with Crippen molar-refractivity contribution in [3.8, 4) is 10.6 Å². The third kappa shape index (κ3) is 2.49. The first-order chi connectivity index (χ1) is 7.83. The van der Waals surface area contributed by atoms with E-state index in [1.807, 2.05) is 12.1 Å². The molecule has 2 nitrogen and oxygen atoms in total. The Morgan fingerprint density at radius 1 is 1.38 bits per heavy atom. The van der Waals surface area contributed by atoms with Gasteiger partial charge in [-0.05, 0) is 18.1 Å². The number of nitrogens with two attached hydrogens (primary N) is 1. The van der Waals surface area contributed by atoms with Crippen molar-refractivity contribution in [1.82, 2.24) is 4.98 Å². The van der Waals surface area contributed by atoms with Crippen LogP contribution in [0, 0.1) is 0 Å². The van der Waals surface area contributed by atoms with Crippen LogP contribution in [0.5, 0.6) is 0 Å². The minimum absolute atomic E-state index is 0.584. The second-order valence-electron chi connectivity index (χ2n) is 3.80. The molecular weight excluding hydrogens is 216 g/mol. The van der Waals surface area contributed by atoms with Gasteiger partial charge in [-0.25, -0.2) is 4.98 Å². The summed E-state index contributed by atoms with van der Waals surface area (Å²) in [6, 6.07) is 8.30. The van der Waals surface area contributed by atoms with Gasteiger partial charge >= 0.3 is 0 Å². The summed E-state index contributed by atoms with van der Waals surface area (Å²) in [5.74, 6) is 0. The zero-order valence-electron chi connectivity index (χ0n) is 9.44. The van der Waals surface area contributed by atoms with Crippen molar-refractivity contribution in [2.75, 3.05) is 0 Å². The van der Waals surface area contributed by atoms with E-state index in [1.54, 1.807) is 11.3 Å². The van der Waals surface area contributed by atoms with Gasteiger partial charge in [-0.2, -0.15) is 0 Å². The molecule has 0 aliphatic heterocycles. The first-order valence-corrected chi connectivity index (χ1v) is 6.45. The van der Waals surface area contributed by atoms with Crippen LogP contribution in [0.2, 0.25) is 0 Å². The minimum Gasteiger partial charge on any atom is -0.326 e. The number of nitrogens with zero attached hydrogens (tertiary/aromatic N) is 1. The second kappa shape index (κ2) is 5.23. The topological polar surface area (TPSA) is 38.9 Å². The van der Waals surface area contributed by atoms with E-state index in [0.29, 0.717) is 6.54 Å². The molecule has 0 amide bonds. The van der Waals surface area contributed by atoms with Crippen molar-refractivity contribution >= 4 is 11.3 Å². The Bertz CT molecular complexity index is 462. The van der Waals surface area contributed by atoms with Crippen LogP contribution in [0.15, 0.2) is 29.6 Å². The molecular formula is C13H16N2S. The zero-order chi connectivity index (χ0) is 11.4. The highest BCUT2D eigenvalue weighted by Gasteiger charge is 2.04. The summed E-state index contributed by atoms with van der Waals surface area (Å²) < 4.78 is 0. The summed E-state index contributed by atoms with van der Waals surface area (Å²) in [6.45, 7) is 2.76. The largest absolute Gasteiger partial charge is 0.326 e. The highest BCUT2D eigenvalue weighted by molar-refractivity contribution is 7.13. The molecule has 2 rings (SSSR count). The standard InChI is InChI=1S/C13H16N2S/c1-2-4-12-9-16-13(15-12)11-6-3-5-10(7-11)8-14/h3,5-7,9H,2,4,8,14H2,1H3. The Morgan fingerprint density at radius 2 is 2.25 bits per heavy atom. The van der Waals surface area contributed by atoms with Crippen LogP contribution in [0.4, 0.5) is 0 Å². The summed E-state index contributed by atoms with van der Waals surface area (Å²) in [6.07, 6.45) is 2.21. The Balaban J connectivity index is 2.27. The quantitative estimate of drug-likeness (QED) is 0.879. The lowest BCUT2D eigenvalue weighted by Crippen LogP contribution is -1.95. The summed E-state index contributed by atoms with van der Waals surface area (Å²) in [7, 11) is 0. The van der Waals surface area contributed by atoms with E-state index >= 15 is 0 Å². The van der Waals surface area contributed by atoms with Gasteiger partial charge in [0.05, 0.1) is 5.69 Å². The SMILES string of the molecule is CCCc1csc(-c2cccc(CN)c2)n1. The molecule has 1 heterocycles. The van der Waals surface area contributed by atoms with Crippen molar-refractivity contribution in [3.63, 3.8) is 0 Å². The molecule has 1 aromatic carbocycles. The van der Waals surface area contributed by atoms with Gasteiger partial charge in [-0.3, -0.25) is 0 Å². The number of aryl methyl sites for hydroxylation is 1. The van der Waals surface area contributed by atoms with Gasteiger partial charge < -0.3 is 5.73 Å². The molecule has 3 heteroatoms. The van der Waals surface area contributed by atoms with Gasteiger partial charge in [-0.15, -0.1) is 11.3 Å². The van der Waals surface area contributed by atoms with E-state index < -0.39 is 0 Å². The average molecular weight is 232 g/mol. The first kappa shape index (κ1) is 11.3. The lowest BCUT2D eigenvalue weighted by atomic mass is 10.1. The third-order valence-corrected chi connectivity index (χ3v) is 3.41. The fraction of sp³-hybridized carbons (Fsp3) is 0.308. The number of aromatic nitrogens is 1. The zero-order valence-corrected chi connectivity index (χ0v) is 10.3. The number of rotatable bonds is 4. The van der Waals surface area contributed by atoms with Crippen LogP contribution < -0.4 is 5.73 Å². The fourth-order valence-corrected chi connectivity index (χ4v) is 2.49. The normalized spacial score (nSPS) is 10.6. The van der Waals surface area contributed by atoms with Crippen molar-refractivity contribution < 1.29 is 0 Å². The lowest BCUT2D eigenvalue weighted by molar-refractivity contribution is 0.893. The van der Waals surface area contributed by atoms with Gasteiger partial charge in [0, 0.05) is 17.5 Å². The van der Waals surface area contributed by atoms with Crippen LogP contribution in [0.25, 0.3) is 10.6 Å². The van der Waals surface area contributed by atoms with E-state index in [1.165, 1.54) is 11.3 Å². The summed E-state index contributed by atoms with van der Waals surface area (Å²) in [5, 5.41) is 3.24. The molecule has 0 fully saturated rings. The smallest absolute Gasteiger partial charge is 0.123 e. The molecule has 0 spiro atoms. The van der Waals surface area contributed by atoms with E-state index in [0.717, 1.165) is 23.4 Å². The molecule has 0 bridgehead atoms. The van der Waals surface area contributed by atoms with Crippen LogP contribution >= 0.6 is 11.3 Å². The maximum Gasteiger partial charge on any atom is 0.123 e. The van der Waals surface area contributed by atoms with Gasteiger partial charge in [0.1, 0.15) is 5.01 Å². The maximum absolute atomic E-state index is 5.63. The Kier molecular flexibility index (Phi) is 3.70. The molecule has 0 atom stereocenters. The number of hydrogen-bond donors (Lipinski definition) is 1. The monoisotopic (exact) mass is 232 g/mol. The van der Waals surface area contributed by atoms with Gasteiger partial charge in [-0.1, -0.05) is 31.5 Å². The molecule has 0 saturated heterocycles. The first-order valence-electron chi connectivity index (χ1n) is 5.57. The predicted molar refractivity (Wildman–Crippen MR) is 69.4 cm³/mol. The number of thiazole rings is 1. The molecule has 0 unspecified atom stereocenters. The Morgan fingerprint density at radius 3 is 3.00 bits per heavy atom. The second-order valence-corrected chi connectivity index (χ2v) is 4.66. The van der Waals surface area contributed by atoms with Gasteiger partial charge in [0.15, 0.2) is 0 Å². The molecule has 2 aromatic rings. The summed E-state index contributed by atoms with van der Waals surface area (Å²) in [4.78, 5) is 4.62. The van der Waals surface area contributed by atoms with Crippen molar-refractivity contribution in [3.05, 3.63) is 40.9 Å². The maximum atomic E-state index is 5.63. The fourth-order valence-electron chi connectivity index (χ4n) is 1.64. The van der Waals surface area contributed by atoms with Crippen LogP contribution in [0.1, 0.15) is 24.6 Å². The third-order valence-electron chi connectivity index (χ3n) is 2.47. The van der Waals surface area contributed by atoms with E-state index in [2.05, 4.69) is 29.4 Å². The highest BCUT2D eigenvalue weighted by Crippen LogP contribution is 2.24. The van der Waals surface area contributed by atoms with E-state index in [-0.39, 0.29) is 0 Å². The molecule has 2 N–H and O–H groups in total. The van der Waals surface area contributed by atoms with Crippen LogP contribution in [-0.4, -0.2) is 4.98 Å². The Hall–Kier alpha value is -1.19. The molecule has 0 aliphatic carbocycles. The number of hydrogen-bond acceptors (Lipinski definition) is 3. The molecule has 1 aromatic heterocycles. The van der Waals surface area contributed by atoms with Crippen molar-refractivity contribution in [2.45, 2.75) is 26.3 Å². The minimum atomic E-state index is 0.584. The van der Waals surface area contributed by atoms with Crippen molar-refractivity contribution in [1.29, 1.82) is 0 Å². The predicted octanol–water partition coefficient (Wildman–Crippen LogP) is 3.22. The molecule has 84 valence electrons. The average Bonchev–Trinajstić information content (AvgIpc) is 2.78. The highest BCUT2D eigenvalue weighted by atomic mass is 32.1. The summed E-state index contributed by atoms with van der Waals surface area (Å²) >= 11 is 1.71. The van der Waals surface area contributed by atoms with E-state index in [9.17, 15) is 0 Å². The van der Waals surface area contributed by atoms with Crippen molar-refractivity contribution in [2.24, 2.45) is 5.73 Å². The summed E-state index contributed by atoms with van der Waals surface area (Å²) in [5.41, 5.74) is 9.16.